The van der Waals surface area contributed by atoms with Crippen LogP contribution in [0.2, 0.25) is 10.0 Å². The molecule has 0 aliphatic carbocycles. The van der Waals surface area contributed by atoms with Crippen LogP contribution in [0.3, 0.4) is 0 Å². The van der Waals surface area contributed by atoms with Gasteiger partial charge >= 0.3 is 11.7 Å². The van der Waals surface area contributed by atoms with Crippen molar-refractivity contribution in [1.29, 1.82) is 0 Å². The topological polar surface area (TPSA) is 71.1 Å². The van der Waals surface area contributed by atoms with Crippen LogP contribution in [0.1, 0.15) is 18.1 Å². The predicted molar refractivity (Wildman–Crippen MR) is 131 cm³/mol. The van der Waals surface area contributed by atoms with Crippen LogP contribution in [-0.4, -0.2) is 18.7 Å². The molecule has 0 fully saturated rings. The first-order valence-corrected chi connectivity index (χ1v) is 11.3. The van der Waals surface area contributed by atoms with Crippen molar-refractivity contribution < 1.29 is 13.5 Å². The Morgan fingerprint density at radius 2 is 1.80 bits per heavy atom. The lowest BCUT2D eigenvalue weighted by Gasteiger charge is -2.15. The lowest BCUT2D eigenvalue weighted by Crippen LogP contribution is -2.39. The lowest BCUT2D eigenvalue weighted by molar-refractivity contribution is 0.0524. The summed E-state index contributed by atoms with van der Waals surface area (Å²) < 4.78 is 38.3. The van der Waals surface area contributed by atoms with E-state index in [1.807, 2.05) is 0 Å². The second kappa shape index (κ2) is 9.31. The highest BCUT2D eigenvalue weighted by Crippen LogP contribution is 2.37. The Balaban J connectivity index is 1.93. The second-order valence-corrected chi connectivity index (χ2v) is 8.58. The van der Waals surface area contributed by atoms with Gasteiger partial charge in [-0.1, -0.05) is 41.9 Å². The van der Waals surface area contributed by atoms with E-state index < -0.39 is 22.7 Å². The maximum absolute atomic E-state index is 14.3. The molecular weight excluding hydrogens is 501 g/mol. The highest BCUT2D eigenvalue weighted by molar-refractivity contribution is 6.31. The number of hydrogen-bond donors (Lipinski definition) is 0. The van der Waals surface area contributed by atoms with E-state index >= 15 is 0 Å². The van der Waals surface area contributed by atoms with E-state index in [1.165, 1.54) is 28.3 Å². The number of hydrogen-bond acceptors (Lipinski definition) is 4. The molecule has 0 saturated carbocycles. The molecule has 0 unspecified atom stereocenters. The van der Waals surface area contributed by atoms with Crippen molar-refractivity contribution in [3.63, 3.8) is 0 Å². The van der Waals surface area contributed by atoms with Gasteiger partial charge in [0.05, 0.1) is 11.6 Å². The fourth-order valence-corrected chi connectivity index (χ4v) is 4.04. The molecule has 7 nitrogen and oxygen atoms in total. The van der Waals surface area contributed by atoms with Crippen LogP contribution in [0, 0.1) is 0 Å². The molecule has 2 aromatic carbocycles. The maximum Gasteiger partial charge on any atom is 0.332 e. The minimum absolute atomic E-state index is 0.0133. The van der Waals surface area contributed by atoms with Crippen LogP contribution in [0.25, 0.3) is 11.2 Å². The van der Waals surface area contributed by atoms with Crippen LogP contribution in [-0.2, 0) is 26.1 Å². The molecule has 4 rings (SSSR count). The van der Waals surface area contributed by atoms with Gasteiger partial charge in [-0.15, -0.1) is 0 Å². The summed E-state index contributed by atoms with van der Waals surface area (Å²) in [6.45, 7) is 5.14. The molecule has 0 saturated heterocycles. The standard InChI is InChI=1S/C24H20Cl2F2N4O3/c1-4-24(27,28)17-12-16(10-11-18(17)26)35-22-29-20-19(21(33)31(5-2)23(34)30(20)3)32(22)13-14-6-8-15(25)9-7-14/h4,6-12H,1,5,13H2,2-3H3. The van der Waals surface area contributed by atoms with Gasteiger partial charge in [-0.25, -0.2) is 4.79 Å². The van der Waals surface area contributed by atoms with E-state index in [4.69, 9.17) is 27.9 Å². The molecule has 35 heavy (non-hydrogen) atoms. The number of benzene rings is 2. The molecule has 2 heterocycles. The van der Waals surface area contributed by atoms with E-state index in [0.29, 0.717) is 11.1 Å². The molecular formula is C24H20Cl2F2N4O3. The molecule has 0 amide bonds. The SMILES string of the molecule is C=CC(F)(F)c1cc(Oc2nc3c(c(=O)n(CC)c(=O)n3C)n2Cc2ccc(Cl)cc2)ccc1Cl. The van der Waals surface area contributed by atoms with Gasteiger partial charge in [0.1, 0.15) is 5.75 Å². The molecule has 0 aliphatic rings. The van der Waals surface area contributed by atoms with Crippen molar-refractivity contribution in [1.82, 2.24) is 18.7 Å². The van der Waals surface area contributed by atoms with Crippen molar-refractivity contribution in [2.45, 2.75) is 25.9 Å². The number of fused-ring (bicyclic) bond motifs is 1. The third-order valence-corrected chi connectivity index (χ3v) is 6.11. The summed E-state index contributed by atoms with van der Waals surface area (Å²) in [6.07, 6.45) is 0.483. The number of allylic oxidation sites excluding steroid dienone is 1. The van der Waals surface area contributed by atoms with Gasteiger partial charge in [-0.3, -0.25) is 18.5 Å². The minimum Gasteiger partial charge on any atom is -0.425 e. The molecule has 0 radical (unpaired) electrons. The van der Waals surface area contributed by atoms with Gasteiger partial charge in [0.25, 0.3) is 11.5 Å². The summed E-state index contributed by atoms with van der Waals surface area (Å²) in [7, 11) is 1.49. The lowest BCUT2D eigenvalue weighted by atomic mass is 10.1. The quantitative estimate of drug-likeness (QED) is 0.308. The zero-order valence-corrected chi connectivity index (χ0v) is 20.3. The van der Waals surface area contributed by atoms with Gasteiger partial charge in [0, 0.05) is 24.2 Å². The number of rotatable bonds is 7. The van der Waals surface area contributed by atoms with E-state index in [0.717, 1.165) is 16.2 Å². The first-order chi connectivity index (χ1) is 16.6. The Kier molecular flexibility index (Phi) is 6.57. The highest BCUT2D eigenvalue weighted by Gasteiger charge is 2.31. The molecule has 0 bridgehead atoms. The second-order valence-electron chi connectivity index (χ2n) is 7.74. The van der Waals surface area contributed by atoms with Crippen LogP contribution in [0.5, 0.6) is 11.8 Å². The summed E-state index contributed by atoms with van der Waals surface area (Å²) in [5.41, 5.74) is -0.578. The molecule has 0 atom stereocenters. The van der Waals surface area contributed by atoms with Gasteiger partial charge in [0.2, 0.25) is 0 Å². The summed E-state index contributed by atoms with van der Waals surface area (Å²) >= 11 is 12.0. The molecule has 0 spiro atoms. The van der Waals surface area contributed by atoms with Crippen LogP contribution in [0.15, 0.2) is 64.7 Å². The molecule has 0 aliphatic heterocycles. The molecule has 182 valence electrons. The summed E-state index contributed by atoms with van der Waals surface area (Å²) in [4.78, 5) is 30.2. The fourth-order valence-electron chi connectivity index (χ4n) is 3.67. The highest BCUT2D eigenvalue weighted by atomic mass is 35.5. The number of imidazole rings is 1. The van der Waals surface area contributed by atoms with Crippen molar-refractivity contribution in [2.75, 3.05) is 0 Å². The maximum atomic E-state index is 14.3. The Hall–Kier alpha value is -3.43. The summed E-state index contributed by atoms with van der Waals surface area (Å²) in [5, 5.41) is 0.374. The van der Waals surface area contributed by atoms with Gasteiger partial charge < -0.3 is 4.74 Å². The van der Waals surface area contributed by atoms with Gasteiger partial charge in [-0.2, -0.15) is 13.8 Å². The molecule has 4 aromatic rings. The Morgan fingerprint density at radius 1 is 1.11 bits per heavy atom. The first-order valence-electron chi connectivity index (χ1n) is 10.5. The van der Waals surface area contributed by atoms with Crippen molar-refractivity contribution in [2.24, 2.45) is 7.05 Å². The minimum atomic E-state index is -3.39. The average Bonchev–Trinajstić information content (AvgIpc) is 3.18. The van der Waals surface area contributed by atoms with Crippen molar-refractivity contribution in [3.05, 3.63) is 97.1 Å². The van der Waals surface area contributed by atoms with Crippen molar-refractivity contribution >= 4 is 34.4 Å². The average molecular weight is 521 g/mol. The van der Waals surface area contributed by atoms with E-state index in [2.05, 4.69) is 11.6 Å². The fraction of sp³-hybridized carbons (Fsp3) is 0.208. The van der Waals surface area contributed by atoms with E-state index in [-0.39, 0.29) is 41.0 Å². The number of aryl methyl sites for hydroxylation is 1. The Labute approximate surface area is 208 Å². The van der Waals surface area contributed by atoms with Gasteiger partial charge in [0.15, 0.2) is 11.2 Å². The molecule has 2 aromatic heterocycles. The predicted octanol–water partition coefficient (Wildman–Crippen LogP) is 5.34. The van der Waals surface area contributed by atoms with Crippen molar-refractivity contribution in [3.8, 4) is 11.8 Å². The number of nitrogens with zero attached hydrogens (tertiary/aromatic N) is 4. The summed E-state index contributed by atoms with van der Waals surface area (Å²) in [5.74, 6) is -3.38. The Bertz CT molecular complexity index is 1560. The smallest absolute Gasteiger partial charge is 0.332 e. The van der Waals surface area contributed by atoms with Crippen LogP contribution < -0.4 is 16.0 Å². The van der Waals surface area contributed by atoms with Gasteiger partial charge in [-0.05, 0) is 48.9 Å². The van der Waals surface area contributed by atoms with Crippen LogP contribution >= 0.6 is 23.2 Å². The molecule has 0 N–H and O–H groups in total. The number of aromatic nitrogens is 4. The van der Waals surface area contributed by atoms with E-state index in [9.17, 15) is 18.4 Å². The molecule has 11 heteroatoms. The van der Waals surface area contributed by atoms with Crippen LogP contribution in [0.4, 0.5) is 8.78 Å². The monoisotopic (exact) mass is 520 g/mol. The normalized spacial score (nSPS) is 11.7. The summed E-state index contributed by atoms with van der Waals surface area (Å²) in [6, 6.07) is 10.6. The first kappa shape index (κ1) is 24.7. The Morgan fingerprint density at radius 3 is 2.43 bits per heavy atom. The third-order valence-electron chi connectivity index (χ3n) is 5.53. The zero-order valence-electron chi connectivity index (χ0n) is 18.8. The third kappa shape index (κ3) is 4.49. The number of ether oxygens (including phenoxy) is 1. The largest absolute Gasteiger partial charge is 0.425 e. The van der Waals surface area contributed by atoms with E-state index in [1.54, 1.807) is 31.2 Å². The number of halogens is 4. The number of alkyl halides is 2. The zero-order chi connectivity index (χ0) is 25.5.